The van der Waals surface area contributed by atoms with E-state index in [-0.39, 0.29) is 11.2 Å². The summed E-state index contributed by atoms with van der Waals surface area (Å²) in [7, 11) is 3.10. The van der Waals surface area contributed by atoms with Crippen LogP contribution in [-0.2, 0) is 20.5 Å². The average molecular weight is 219 g/mol. The highest BCUT2D eigenvalue weighted by Crippen LogP contribution is 2.10. The Kier molecular flexibility index (Phi) is 2.38. The minimum Gasteiger partial charge on any atom is -0.280 e. The number of hydrogen-bond donors (Lipinski definition) is 0. The summed E-state index contributed by atoms with van der Waals surface area (Å²) in [5, 5.41) is 0.537. The monoisotopic (exact) mass is 219 g/mol. The minimum atomic E-state index is -0.349. The predicted molar refractivity (Wildman–Crippen MR) is 61.6 cm³/mol. The Hall–Kier alpha value is -1.91. The highest BCUT2D eigenvalue weighted by atomic mass is 16.2. The van der Waals surface area contributed by atoms with Gasteiger partial charge in [-0.05, 0) is 18.1 Å². The fourth-order valence-electron chi connectivity index (χ4n) is 1.84. The Morgan fingerprint density at radius 2 is 1.94 bits per heavy atom. The van der Waals surface area contributed by atoms with Gasteiger partial charge in [-0.3, -0.25) is 13.9 Å². The van der Waals surface area contributed by atoms with Crippen LogP contribution in [0, 0.1) is 0 Å². The summed E-state index contributed by atoms with van der Waals surface area (Å²) in [6.07, 6.45) is 2.37. The third-order valence-corrected chi connectivity index (χ3v) is 2.81. The first kappa shape index (κ1) is 10.6. The molecule has 16 heavy (non-hydrogen) atoms. The Morgan fingerprint density at radius 1 is 1.25 bits per heavy atom. The van der Waals surface area contributed by atoms with Crippen LogP contribution in [-0.4, -0.2) is 14.1 Å². The molecular weight excluding hydrogens is 206 g/mol. The van der Waals surface area contributed by atoms with E-state index in [4.69, 9.17) is 0 Å². The van der Waals surface area contributed by atoms with Crippen molar-refractivity contribution in [3.8, 4) is 0 Å². The third kappa shape index (κ3) is 1.28. The molecule has 0 atom stereocenters. The molecule has 0 aliphatic rings. The molecule has 0 amide bonds. The van der Waals surface area contributed by atoms with E-state index in [0.717, 1.165) is 16.6 Å². The molecule has 5 heteroatoms. The average Bonchev–Trinajstić information content (AvgIpc) is 2.32. The zero-order valence-corrected chi connectivity index (χ0v) is 9.52. The van der Waals surface area contributed by atoms with Gasteiger partial charge in [0, 0.05) is 20.3 Å². The first-order chi connectivity index (χ1) is 7.57. The van der Waals surface area contributed by atoms with E-state index in [9.17, 15) is 9.59 Å². The van der Waals surface area contributed by atoms with Crippen molar-refractivity contribution in [1.29, 1.82) is 0 Å². The van der Waals surface area contributed by atoms with Crippen molar-refractivity contribution in [3.05, 3.63) is 38.7 Å². The number of aromatic nitrogens is 3. The minimum absolute atomic E-state index is 0.275. The molecule has 5 nitrogen and oxygen atoms in total. The normalized spacial score (nSPS) is 10.9. The molecule has 2 aromatic heterocycles. The van der Waals surface area contributed by atoms with Crippen molar-refractivity contribution in [1.82, 2.24) is 14.1 Å². The molecule has 2 heterocycles. The predicted octanol–water partition coefficient (Wildman–Crippen LogP) is 0.195. The van der Waals surface area contributed by atoms with Crippen LogP contribution in [0.4, 0.5) is 0 Å². The molecule has 0 saturated heterocycles. The quantitative estimate of drug-likeness (QED) is 0.688. The van der Waals surface area contributed by atoms with Gasteiger partial charge in [-0.2, -0.15) is 0 Å². The van der Waals surface area contributed by atoms with Gasteiger partial charge in [-0.1, -0.05) is 6.92 Å². The van der Waals surface area contributed by atoms with Gasteiger partial charge in [0.15, 0.2) is 0 Å². The van der Waals surface area contributed by atoms with E-state index in [1.807, 2.05) is 13.0 Å². The molecule has 0 fully saturated rings. The van der Waals surface area contributed by atoms with Gasteiger partial charge in [0.05, 0.1) is 5.39 Å². The second-order valence-corrected chi connectivity index (χ2v) is 3.73. The van der Waals surface area contributed by atoms with Crippen molar-refractivity contribution in [3.63, 3.8) is 0 Å². The first-order valence-electron chi connectivity index (χ1n) is 5.11. The van der Waals surface area contributed by atoms with E-state index in [1.54, 1.807) is 13.2 Å². The molecule has 0 N–H and O–H groups in total. The zero-order chi connectivity index (χ0) is 11.9. The van der Waals surface area contributed by atoms with Crippen LogP contribution in [0.1, 0.15) is 12.5 Å². The lowest BCUT2D eigenvalue weighted by atomic mass is 10.1. The highest BCUT2D eigenvalue weighted by molar-refractivity contribution is 5.77. The van der Waals surface area contributed by atoms with Crippen LogP contribution in [0.25, 0.3) is 11.0 Å². The first-order valence-corrected chi connectivity index (χ1v) is 5.11. The number of pyridine rings is 1. The lowest BCUT2D eigenvalue weighted by Crippen LogP contribution is -2.37. The number of rotatable bonds is 1. The molecule has 0 saturated carbocycles. The number of nitrogens with zero attached hydrogens (tertiary/aromatic N) is 3. The summed E-state index contributed by atoms with van der Waals surface area (Å²) >= 11 is 0. The molecule has 0 aliphatic carbocycles. The maximum Gasteiger partial charge on any atom is 0.332 e. The molecule has 0 bridgehead atoms. The van der Waals surface area contributed by atoms with E-state index in [2.05, 4.69) is 4.98 Å². The summed E-state index contributed by atoms with van der Waals surface area (Å²) in [5.41, 5.74) is 0.745. The molecular formula is C11H13N3O2. The van der Waals surface area contributed by atoms with E-state index >= 15 is 0 Å². The van der Waals surface area contributed by atoms with E-state index in [0.29, 0.717) is 11.0 Å². The fourth-order valence-corrected chi connectivity index (χ4v) is 1.84. The second kappa shape index (κ2) is 3.59. The van der Waals surface area contributed by atoms with Gasteiger partial charge in [0.25, 0.3) is 5.56 Å². The standard InChI is InChI=1S/C11H13N3O2/c1-4-7-5-6-12-9-8(7)10(15)14(3)11(16)13(9)2/h5-6H,4H2,1-3H3. The summed E-state index contributed by atoms with van der Waals surface area (Å²) in [5.74, 6) is 0. The Bertz CT molecular complexity index is 667. The smallest absolute Gasteiger partial charge is 0.280 e. The van der Waals surface area contributed by atoms with Gasteiger partial charge in [0.1, 0.15) is 5.65 Å². The van der Waals surface area contributed by atoms with E-state index < -0.39 is 0 Å². The third-order valence-electron chi connectivity index (χ3n) is 2.81. The molecule has 0 aromatic carbocycles. The lowest BCUT2D eigenvalue weighted by molar-refractivity contribution is 0.706. The SMILES string of the molecule is CCc1ccnc2c1c(=O)n(C)c(=O)n2C. The van der Waals surface area contributed by atoms with Gasteiger partial charge in [0.2, 0.25) is 0 Å². The van der Waals surface area contributed by atoms with Gasteiger partial charge in [-0.25, -0.2) is 9.78 Å². The topological polar surface area (TPSA) is 56.9 Å². The molecule has 2 rings (SSSR count). The number of aryl methyl sites for hydroxylation is 2. The van der Waals surface area contributed by atoms with Crippen molar-refractivity contribution in [2.24, 2.45) is 14.1 Å². The summed E-state index contributed by atoms with van der Waals surface area (Å²) in [4.78, 5) is 27.8. The maximum atomic E-state index is 12.0. The molecule has 0 spiro atoms. The van der Waals surface area contributed by atoms with Crippen LogP contribution in [0.5, 0.6) is 0 Å². The van der Waals surface area contributed by atoms with Crippen LogP contribution < -0.4 is 11.2 Å². The largest absolute Gasteiger partial charge is 0.332 e. The Labute approximate surface area is 92.0 Å². The van der Waals surface area contributed by atoms with Gasteiger partial charge in [-0.15, -0.1) is 0 Å². The summed E-state index contributed by atoms with van der Waals surface area (Å²) in [6, 6.07) is 1.81. The maximum absolute atomic E-state index is 12.0. The Balaban J connectivity index is 3.15. The van der Waals surface area contributed by atoms with Crippen LogP contribution in [0.2, 0.25) is 0 Å². The van der Waals surface area contributed by atoms with Crippen LogP contribution >= 0.6 is 0 Å². The molecule has 0 aliphatic heterocycles. The summed E-state index contributed by atoms with van der Waals surface area (Å²) in [6.45, 7) is 1.97. The van der Waals surface area contributed by atoms with Crippen molar-refractivity contribution < 1.29 is 0 Å². The zero-order valence-electron chi connectivity index (χ0n) is 9.52. The van der Waals surface area contributed by atoms with E-state index in [1.165, 1.54) is 11.6 Å². The van der Waals surface area contributed by atoms with Crippen molar-refractivity contribution >= 4 is 11.0 Å². The molecule has 0 unspecified atom stereocenters. The van der Waals surface area contributed by atoms with Gasteiger partial charge >= 0.3 is 5.69 Å². The second-order valence-electron chi connectivity index (χ2n) is 3.73. The molecule has 0 radical (unpaired) electrons. The van der Waals surface area contributed by atoms with Crippen molar-refractivity contribution in [2.75, 3.05) is 0 Å². The molecule has 84 valence electrons. The van der Waals surface area contributed by atoms with Gasteiger partial charge < -0.3 is 0 Å². The van der Waals surface area contributed by atoms with Crippen LogP contribution in [0.3, 0.4) is 0 Å². The fraction of sp³-hybridized carbons (Fsp3) is 0.364. The van der Waals surface area contributed by atoms with Crippen molar-refractivity contribution in [2.45, 2.75) is 13.3 Å². The summed E-state index contributed by atoms with van der Waals surface area (Å²) < 4.78 is 2.51. The highest BCUT2D eigenvalue weighted by Gasteiger charge is 2.11. The number of fused-ring (bicyclic) bond motifs is 1. The molecule has 2 aromatic rings. The lowest BCUT2D eigenvalue weighted by Gasteiger charge is -2.08. The number of hydrogen-bond acceptors (Lipinski definition) is 3. The van der Waals surface area contributed by atoms with Crippen LogP contribution in [0.15, 0.2) is 21.9 Å². The Morgan fingerprint density at radius 3 is 2.56 bits per heavy atom.